The van der Waals surface area contributed by atoms with Crippen LogP contribution in [0.5, 0.6) is 11.5 Å². The van der Waals surface area contributed by atoms with Crippen molar-refractivity contribution in [3.8, 4) is 27.9 Å². The van der Waals surface area contributed by atoms with Crippen molar-refractivity contribution in [1.82, 2.24) is 14.8 Å². The molecule has 0 fully saturated rings. The predicted octanol–water partition coefficient (Wildman–Crippen LogP) is 4.64. The second kappa shape index (κ2) is 9.01. The van der Waals surface area contributed by atoms with Crippen molar-refractivity contribution < 1.29 is 14.3 Å². The Kier molecular flexibility index (Phi) is 5.99. The van der Waals surface area contributed by atoms with Crippen molar-refractivity contribution in [2.75, 3.05) is 19.0 Å². The summed E-state index contributed by atoms with van der Waals surface area (Å²) in [6.07, 6.45) is 0. The molecule has 0 aliphatic heterocycles. The molecule has 1 amide bonds. The van der Waals surface area contributed by atoms with Gasteiger partial charge in [0.1, 0.15) is 17.3 Å². The van der Waals surface area contributed by atoms with Gasteiger partial charge in [-0.1, -0.05) is 18.2 Å². The molecular weight excluding hydrogens is 412 g/mol. The number of benzene rings is 2. The van der Waals surface area contributed by atoms with Crippen molar-refractivity contribution in [3.05, 3.63) is 71.2 Å². The Labute approximate surface area is 184 Å². The summed E-state index contributed by atoms with van der Waals surface area (Å²) >= 11 is 1.45. The van der Waals surface area contributed by atoms with Gasteiger partial charge in [0.05, 0.1) is 18.5 Å². The van der Waals surface area contributed by atoms with Gasteiger partial charge in [0.15, 0.2) is 6.61 Å². The largest absolute Gasteiger partial charge is 0.497 e. The number of carbonyl (C=O) groups excluding carboxylic acids is 1. The second-order valence-corrected chi connectivity index (χ2v) is 7.77. The number of carbonyl (C=O) groups is 1. The Balaban J connectivity index is 1.49. The average molecular weight is 435 g/mol. The van der Waals surface area contributed by atoms with Gasteiger partial charge in [-0.15, -0.1) is 11.3 Å². The Morgan fingerprint density at radius 1 is 1.13 bits per heavy atom. The number of amides is 1. The van der Waals surface area contributed by atoms with Crippen LogP contribution in [0, 0.1) is 13.8 Å². The van der Waals surface area contributed by atoms with E-state index >= 15 is 0 Å². The molecule has 0 bridgehead atoms. The fourth-order valence-corrected chi connectivity index (χ4v) is 3.83. The zero-order chi connectivity index (χ0) is 21.8. The molecule has 4 aromatic rings. The maximum absolute atomic E-state index is 12.5. The van der Waals surface area contributed by atoms with E-state index in [1.165, 1.54) is 11.3 Å². The lowest BCUT2D eigenvalue weighted by Gasteiger charge is -2.09. The van der Waals surface area contributed by atoms with E-state index in [1.807, 2.05) is 67.8 Å². The van der Waals surface area contributed by atoms with Gasteiger partial charge in [0.2, 0.25) is 5.13 Å². The van der Waals surface area contributed by atoms with Crippen LogP contribution in [0.2, 0.25) is 0 Å². The molecule has 31 heavy (non-hydrogen) atoms. The number of ether oxygens (including phenoxy) is 2. The van der Waals surface area contributed by atoms with Crippen LogP contribution in [-0.2, 0) is 4.79 Å². The molecule has 2 aromatic carbocycles. The maximum Gasteiger partial charge on any atom is 0.263 e. The number of para-hydroxylation sites is 1. The number of nitrogens with zero attached hydrogens (tertiary/aromatic N) is 3. The molecule has 8 heteroatoms. The Hall–Kier alpha value is -3.65. The highest BCUT2D eigenvalue weighted by Crippen LogP contribution is 2.27. The minimum atomic E-state index is -0.267. The SMILES string of the molecule is COc1ccc(-c2csc(-n3nc(C)cc3NC(=O)COc3ccccc3C)n2)cc1. The zero-order valence-electron chi connectivity index (χ0n) is 17.5. The first-order valence-corrected chi connectivity index (χ1v) is 10.6. The molecule has 0 saturated heterocycles. The molecule has 0 unspecified atom stereocenters. The van der Waals surface area contributed by atoms with Crippen molar-refractivity contribution in [3.63, 3.8) is 0 Å². The third kappa shape index (κ3) is 4.75. The van der Waals surface area contributed by atoms with Gasteiger partial charge in [-0.2, -0.15) is 9.78 Å². The van der Waals surface area contributed by atoms with Gasteiger partial charge >= 0.3 is 0 Å². The highest BCUT2D eigenvalue weighted by atomic mass is 32.1. The molecule has 0 aliphatic carbocycles. The highest BCUT2D eigenvalue weighted by molar-refractivity contribution is 7.12. The molecule has 2 heterocycles. The van der Waals surface area contributed by atoms with Crippen molar-refractivity contribution in [2.24, 2.45) is 0 Å². The summed E-state index contributed by atoms with van der Waals surface area (Å²) in [5.41, 5.74) is 3.56. The van der Waals surface area contributed by atoms with Crippen LogP contribution in [0.15, 0.2) is 60.0 Å². The Bertz CT molecular complexity index is 1200. The third-order valence-corrected chi connectivity index (χ3v) is 5.43. The van der Waals surface area contributed by atoms with Crippen LogP contribution >= 0.6 is 11.3 Å². The molecule has 158 valence electrons. The summed E-state index contributed by atoms with van der Waals surface area (Å²) < 4.78 is 12.5. The van der Waals surface area contributed by atoms with Crippen LogP contribution < -0.4 is 14.8 Å². The van der Waals surface area contributed by atoms with E-state index in [0.717, 1.165) is 28.3 Å². The lowest BCUT2D eigenvalue weighted by Crippen LogP contribution is -2.22. The number of aryl methyl sites for hydroxylation is 2. The summed E-state index contributed by atoms with van der Waals surface area (Å²) in [5.74, 6) is 1.76. The number of anilines is 1. The van der Waals surface area contributed by atoms with Crippen molar-refractivity contribution in [1.29, 1.82) is 0 Å². The Morgan fingerprint density at radius 2 is 1.90 bits per heavy atom. The van der Waals surface area contributed by atoms with Crippen molar-refractivity contribution >= 4 is 23.1 Å². The van der Waals surface area contributed by atoms with E-state index in [0.29, 0.717) is 16.7 Å². The van der Waals surface area contributed by atoms with Crippen LogP contribution in [0.1, 0.15) is 11.3 Å². The van der Waals surface area contributed by atoms with Gasteiger partial charge in [-0.3, -0.25) is 4.79 Å². The fraction of sp³-hybridized carbons (Fsp3) is 0.174. The molecule has 2 aromatic heterocycles. The van der Waals surface area contributed by atoms with Crippen LogP contribution in [-0.4, -0.2) is 34.4 Å². The number of hydrogen-bond donors (Lipinski definition) is 1. The minimum absolute atomic E-state index is 0.0932. The van der Waals surface area contributed by atoms with Crippen LogP contribution in [0.3, 0.4) is 0 Å². The topological polar surface area (TPSA) is 78.3 Å². The summed E-state index contributed by atoms with van der Waals surface area (Å²) in [7, 11) is 1.64. The number of hydrogen-bond acceptors (Lipinski definition) is 6. The second-order valence-electron chi connectivity index (χ2n) is 6.93. The molecule has 7 nitrogen and oxygen atoms in total. The van der Waals surface area contributed by atoms with Gasteiger partial charge < -0.3 is 14.8 Å². The van der Waals surface area contributed by atoms with E-state index < -0.39 is 0 Å². The van der Waals surface area contributed by atoms with Gasteiger partial charge in [-0.05, 0) is 49.7 Å². The van der Waals surface area contributed by atoms with E-state index in [9.17, 15) is 4.79 Å². The zero-order valence-corrected chi connectivity index (χ0v) is 18.3. The molecule has 4 rings (SSSR count). The van der Waals surface area contributed by atoms with E-state index in [-0.39, 0.29) is 12.5 Å². The number of nitrogens with one attached hydrogen (secondary N) is 1. The smallest absolute Gasteiger partial charge is 0.263 e. The van der Waals surface area contributed by atoms with Crippen LogP contribution in [0.25, 0.3) is 16.4 Å². The molecule has 0 radical (unpaired) electrons. The molecule has 1 N–H and O–H groups in total. The summed E-state index contributed by atoms with van der Waals surface area (Å²) in [5, 5.41) is 9.98. The number of rotatable bonds is 7. The maximum atomic E-state index is 12.5. The molecule has 0 atom stereocenters. The first-order valence-electron chi connectivity index (χ1n) is 9.69. The normalized spacial score (nSPS) is 10.7. The predicted molar refractivity (Wildman–Crippen MR) is 121 cm³/mol. The average Bonchev–Trinajstić information content (AvgIpc) is 3.40. The van der Waals surface area contributed by atoms with Gasteiger partial charge in [0.25, 0.3) is 5.91 Å². The third-order valence-electron chi connectivity index (χ3n) is 4.61. The van der Waals surface area contributed by atoms with Crippen molar-refractivity contribution in [2.45, 2.75) is 13.8 Å². The molecule has 0 spiro atoms. The lowest BCUT2D eigenvalue weighted by molar-refractivity contribution is -0.118. The van der Waals surface area contributed by atoms with Gasteiger partial charge in [0, 0.05) is 17.0 Å². The number of aromatic nitrogens is 3. The Morgan fingerprint density at radius 3 is 2.65 bits per heavy atom. The number of methoxy groups -OCH3 is 1. The van der Waals surface area contributed by atoms with E-state index in [1.54, 1.807) is 17.9 Å². The molecule has 0 saturated carbocycles. The van der Waals surface area contributed by atoms with Crippen LogP contribution in [0.4, 0.5) is 5.82 Å². The van der Waals surface area contributed by atoms with E-state index in [2.05, 4.69) is 15.4 Å². The quantitative estimate of drug-likeness (QED) is 0.459. The first kappa shape index (κ1) is 20.6. The van der Waals surface area contributed by atoms with Gasteiger partial charge in [-0.25, -0.2) is 4.98 Å². The monoisotopic (exact) mass is 434 g/mol. The summed E-state index contributed by atoms with van der Waals surface area (Å²) in [6.45, 7) is 3.71. The lowest BCUT2D eigenvalue weighted by atomic mass is 10.2. The molecular formula is C23H22N4O3S. The molecule has 0 aliphatic rings. The highest BCUT2D eigenvalue weighted by Gasteiger charge is 2.15. The first-order chi connectivity index (χ1) is 15.0. The summed E-state index contributed by atoms with van der Waals surface area (Å²) in [4.78, 5) is 17.2. The van der Waals surface area contributed by atoms with E-state index in [4.69, 9.17) is 9.47 Å². The fourth-order valence-electron chi connectivity index (χ4n) is 3.03. The number of thiazole rings is 1. The summed E-state index contributed by atoms with van der Waals surface area (Å²) in [6, 6.07) is 17.1. The minimum Gasteiger partial charge on any atom is -0.497 e. The standard InChI is InChI=1S/C23H22N4O3S/c1-15-6-4-5-7-20(15)30-13-22(28)25-21-12-16(2)26-27(21)23-24-19(14-31-23)17-8-10-18(29-3)11-9-17/h4-12,14H,13H2,1-3H3,(H,25,28).